The predicted octanol–water partition coefficient (Wildman–Crippen LogP) is 1.66. The first kappa shape index (κ1) is 12.1. The molecule has 1 aromatic carbocycles. The summed E-state index contributed by atoms with van der Waals surface area (Å²) in [7, 11) is 0. The van der Waals surface area contributed by atoms with Gasteiger partial charge in [0.25, 0.3) is 0 Å². The van der Waals surface area contributed by atoms with Crippen molar-refractivity contribution in [1.29, 1.82) is 0 Å². The van der Waals surface area contributed by atoms with Crippen LogP contribution in [-0.4, -0.2) is 29.9 Å². The first-order valence-corrected chi connectivity index (χ1v) is 6.18. The van der Waals surface area contributed by atoms with Gasteiger partial charge in [-0.15, -0.1) is 0 Å². The summed E-state index contributed by atoms with van der Waals surface area (Å²) in [4.78, 5) is 13.6. The third-order valence-corrected chi connectivity index (χ3v) is 3.70. The highest BCUT2D eigenvalue weighted by Crippen LogP contribution is 2.32. The average Bonchev–Trinajstić information content (AvgIpc) is 2.71. The van der Waals surface area contributed by atoms with Crippen molar-refractivity contribution < 1.29 is 4.79 Å². The Kier molecular flexibility index (Phi) is 3.48. The average molecular weight is 232 g/mol. The summed E-state index contributed by atoms with van der Waals surface area (Å²) in [5.74, 6) is 0.523. The van der Waals surface area contributed by atoms with Gasteiger partial charge in [0.1, 0.15) is 0 Å². The van der Waals surface area contributed by atoms with Gasteiger partial charge in [-0.05, 0) is 31.4 Å². The Hall–Kier alpha value is -1.35. The van der Waals surface area contributed by atoms with Gasteiger partial charge < -0.3 is 10.6 Å². The summed E-state index contributed by atoms with van der Waals surface area (Å²) in [6.45, 7) is 5.16. The highest BCUT2D eigenvalue weighted by atomic mass is 16.2. The molecular formula is C14H20N2O. The zero-order valence-electron chi connectivity index (χ0n) is 10.5. The molecular weight excluding hydrogens is 212 g/mol. The maximum atomic E-state index is 11.7. The molecule has 1 amide bonds. The van der Waals surface area contributed by atoms with Crippen LogP contribution in [0.4, 0.5) is 0 Å². The monoisotopic (exact) mass is 232 g/mol. The van der Waals surface area contributed by atoms with Gasteiger partial charge in [-0.3, -0.25) is 4.79 Å². The molecule has 3 heteroatoms. The standard InChI is InChI=1S/C14H20N2O/c1-10-5-3-4-6-13(10)12-7-11(2)16(9-12)14(17)8-15/h3-6,11-12H,7-9,15H2,1-2H3. The summed E-state index contributed by atoms with van der Waals surface area (Å²) in [6, 6.07) is 8.73. The molecule has 3 nitrogen and oxygen atoms in total. The molecule has 1 saturated heterocycles. The van der Waals surface area contributed by atoms with Crippen molar-refractivity contribution >= 4 is 5.91 Å². The third-order valence-electron chi connectivity index (χ3n) is 3.70. The molecule has 1 heterocycles. The van der Waals surface area contributed by atoms with Gasteiger partial charge in [-0.25, -0.2) is 0 Å². The van der Waals surface area contributed by atoms with E-state index >= 15 is 0 Å². The van der Waals surface area contributed by atoms with E-state index in [4.69, 9.17) is 5.73 Å². The lowest BCUT2D eigenvalue weighted by Crippen LogP contribution is -2.38. The number of benzene rings is 1. The van der Waals surface area contributed by atoms with Gasteiger partial charge in [-0.1, -0.05) is 24.3 Å². The molecule has 1 aromatic rings. The number of hydrogen-bond acceptors (Lipinski definition) is 2. The fourth-order valence-electron chi connectivity index (χ4n) is 2.77. The molecule has 0 aliphatic carbocycles. The van der Waals surface area contributed by atoms with Crippen molar-refractivity contribution in [3.63, 3.8) is 0 Å². The van der Waals surface area contributed by atoms with Crippen LogP contribution in [-0.2, 0) is 4.79 Å². The molecule has 1 aliphatic rings. The molecule has 0 bridgehead atoms. The van der Waals surface area contributed by atoms with Crippen molar-refractivity contribution in [3.05, 3.63) is 35.4 Å². The number of aryl methyl sites for hydroxylation is 1. The lowest BCUT2D eigenvalue weighted by molar-refractivity contribution is -0.130. The fourth-order valence-corrected chi connectivity index (χ4v) is 2.77. The minimum absolute atomic E-state index is 0.0635. The normalized spacial score (nSPS) is 24.1. The Morgan fingerprint density at radius 3 is 2.82 bits per heavy atom. The van der Waals surface area contributed by atoms with E-state index in [1.165, 1.54) is 11.1 Å². The van der Waals surface area contributed by atoms with E-state index < -0.39 is 0 Å². The van der Waals surface area contributed by atoms with Gasteiger partial charge in [0.2, 0.25) is 5.91 Å². The number of nitrogens with zero attached hydrogens (tertiary/aromatic N) is 1. The fraction of sp³-hybridized carbons (Fsp3) is 0.500. The van der Waals surface area contributed by atoms with Crippen LogP contribution in [0.1, 0.15) is 30.4 Å². The third kappa shape index (κ3) is 2.34. The second-order valence-corrected chi connectivity index (χ2v) is 4.89. The maximum Gasteiger partial charge on any atom is 0.236 e. The number of carbonyl (C=O) groups excluding carboxylic acids is 1. The number of rotatable bonds is 2. The maximum absolute atomic E-state index is 11.7. The molecule has 92 valence electrons. The molecule has 2 atom stereocenters. The number of carbonyl (C=O) groups is 1. The molecule has 17 heavy (non-hydrogen) atoms. The van der Waals surface area contributed by atoms with E-state index in [-0.39, 0.29) is 12.5 Å². The summed E-state index contributed by atoms with van der Waals surface area (Å²) >= 11 is 0. The van der Waals surface area contributed by atoms with E-state index in [0.717, 1.165) is 13.0 Å². The van der Waals surface area contributed by atoms with Gasteiger partial charge >= 0.3 is 0 Å². The van der Waals surface area contributed by atoms with E-state index in [9.17, 15) is 4.79 Å². The van der Waals surface area contributed by atoms with E-state index in [1.807, 2.05) is 4.90 Å². The highest BCUT2D eigenvalue weighted by molar-refractivity contribution is 5.78. The van der Waals surface area contributed by atoms with E-state index in [1.54, 1.807) is 0 Å². The molecule has 2 unspecified atom stereocenters. The van der Waals surface area contributed by atoms with Crippen LogP contribution in [0.5, 0.6) is 0 Å². The lowest BCUT2D eigenvalue weighted by Gasteiger charge is -2.20. The smallest absolute Gasteiger partial charge is 0.236 e. The lowest BCUT2D eigenvalue weighted by atomic mass is 9.93. The summed E-state index contributed by atoms with van der Waals surface area (Å²) in [6.07, 6.45) is 1.04. The first-order valence-electron chi connectivity index (χ1n) is 6.18. The highest BCUT2D eigenvalue weighted by Gasteiger charge is 2.32. The Morgan fingerprint density at radius 1 is 1.47 bits per heavy atom. The van der Waals surface area contributed by atoms with Crippen molar-refractivity contribution in [2.45, 2.75) is 32.2 Å². The summed E-state index contributed by atoms with van der Waals surface area (Å²) in [5, 5.41) is 0. The number of likely N-dealkylation sites (tertiary alicyclic amines) is 1. The molecule has 1 aliphatic heterocycles. The topological polar surface area (TPSA) is 46.3 Å². The molecule has 2 N–H and O–H groups in total. The van der Waals surface area contributed by atoms with Crippen LogP contribution in [0.15, 0.2) is 24.3 Å². The van der Waals surface area contributed by atoms with Crippen LogP contribution in [0.25, 0.3) is 0 Å². The molecule has 1 fully saturated rings. The Labute approximate surface area is 103 Å². The zero-order valence-corrected chi connectivity index (χ0v) is 10.5. The van der Waals surface area contributed by atoms with Crippen LogP contribution >= 0.6 is 0 Å². The summed E-state index contributed by atoms with van der Waals surface area (Å²) in [5.41, 5.74) is 8.12. The van der Waals surface area contributed by atoms with E-state index in [2.05, 4.69) is 38.1 Å². The van der Waals surface area contributed by atoms with Crippen molar-refractivity contribution in [2.75, 3.05) is 13.1 Å². The molecule has 0 saturated carbocycles. The van der Waals surface area contributed by atoms with Gasteiger partial charge in [-0.2, -0.15) is 0 Å². The summed E-state index contributed by atoms with van der Waals surface area (Å²) < 4.78 is 0. The molecule has 0 radical (unpaired) electrons. The molecule has 2 rings (SSSR count). The number of amides is 1. The first-order chi connectivity index (χ1) is 8.13. The Balaban J connectivity index is 2.17. The van der Waals surface area contributed by atoms with E-state index in [0.29, 0.717) is 12.0 Å². The van der Waals surface area contributed by atoms with Gasteiger partial charge in [0, 0.05) is 18.5 Å². The van der Waals surface area contributed by atoms with Crippen LogP contribution < -0.4 is 5.73 Å². The zero-order chi connectivity index (χ0) is 12.4. The van der Waals surface area contributed by atoms with Crippen LogP contribution in [0, 0.1) is 6.92 Å². The second kappa shape index (κ2) is 4.88. The quantitative estimate of drug-likeness (QED) is 0.843. The van der Waals surface area contributed by atoms with Crippen molar-refractivity contribution in [2.24, 2.45) is 5.73 Å². The molecule has 0 spiro atoms. The van der Waals surface area contributed by atoms with Crippen LogP contribution in [0.3, 0.4) is 0 Å². The second-order valence-electron chi connectivity index (χ2n) is 4.89. The Bertz CT molecular complexity index is 416. The minimum atomic E-state index is 0.0635. The number of hydrogen-bond donors (Lipinski definition) is 1. The van der Waals surface area contributed by atoms with Crippen LogP contribution in [0.2, 0.25) is 0 Å². The predicted molar refractivity (Wildman–Crippen MR) is 68.8 cm³/mol. The SMILES string of the molecule is Cc1ccccc1C1CC(C)N(C(=O)CN)C1. The number of nitrogens with two attached hydrogens (primary N) is 1. The van der Waals surface area contributed by atoms with Crippen molar-refractivity contribution in [3.8, 4) is 0 Å². The van der Waals surface area contributed by atoms with Gasteiger partial charge in [0.15, 0.2) is 0 Å². The minimum Gasteiger partial charge on any atom is -0.338 e. The Morgan fingerprint density at radius 2 is 2.18 bits per heavy atom. The van der Waals surface area contributed by atoms with Gasteiger partial charge in [0.05, 0.1) is 6.54 Å². The van der Waals surface area contributed by atoms with Crippen molar-refractivity contribution in [1.82, 2.24) is 4.90 Å². The largest absolute Gasteiger partial charge is 0.338 e. The molecule has 0 aromatic heterocycles.